The zero-order valence-electron chi connectivity index (χ0n) is 14.2. The van der Waals surface area contributed by atoms with E-state index in [9.17, 15) is 4.79 Å². The van der Waals surface area contributed by atoms with Crippen molar-refractivity contribution < 1.29 is 19.0 Å². The van der Waals surface area contributed by atoms with Crippen molar-refractivity contribution in [3.63, 3.8) is 0 Å². The van der Waals surface area contributed by atoms with Gasteiger partial charge in [0, 0.05) is 11.5 Å². The normalized spacial score (nSPS) is 10.5. The summed E-state index contributed by atoms with van der Waals surface area (Å²) in [5.74, 6) is 2.08. The van der Waals surface area contributed by atoms with Crippen LogP contribution in [0, 0.1) is 5.92 Å². The maximum atomic E-state index is 11.9. The van der Waals surface area contributed by atoms with Crippen LogP contribution in [-0.2, 0) is 0 Å². The Morgan fingerprint density at radius 1 is 1.00 bits per heavy atom. The molecule has 0 aliphatic heterocycles. The standard InChI is InChI=1S/C19H23NO4/c1-13(2)19(21)14-4-9-18(17(20)12-14)24-11-10-23-16-7-5-15(22-3)6-8-16/h4-9,12-13H,10-11,20H2,1-3H3. The van der Waals surface area contributed by atoms with Crippen LogP contribution >= 0.6 is 0 Å². The van der Waals surface area contributed by atoms with Crippen LogP contribution < -0.4 is 19.9 Å². The Morgan fingerprint density at radius 3 is 2.21 bits per heavy atom. The van der Waals surface area contributed by atoms with Gasteiger partial charge in [0.15, 0.2) is 5.78 Å². The SMILES string of the molecule is COc1ccc(OCCOc2ccc(C(=O)C(C)C)cc2N)cc1. The molecule has 2 aromatic rings. The van der Waals surface area contributed by atoms with Gasteiger partial charge in [-0.05, 0) is 42.5 Å². The summed E-state index contributed by atoms with van der Waals surface area (Å²) in [6.07, 6.45) is 0. The maximum absolute atomic E-state index is 11.9. The Balaban J connectivity index is 1.84. The number of ketones is 1. The first-order chi connectivity index (χ1) is 11.5. The monoisotopic (exact) mass is 329 g/mol. The van der Waals surface area contributed by atoms with Gasteiger partial charge in [0.1, 0.15) is 30.5 Å². The predicted molar refractivity (Wildman–Crippen MR) is 94.0 cm³/mol. The summed E-state index contributed by atoms with van der Waals surface area (Å²) in [5, 5.41) is 0. The van der Waals surface area contributed by atoms with E-state index in [0.29, 0.717) is 30.2 Å². The third kappa shape index (κ3) is 4.65. The summed E-state index contributed by atoms with van der Waals surface area (Å²) in [6.45, 7) is 4.46. The van der Waals surface area contributed by atoms with E-state index in [1.165, 1.54) is 0 Å². The van der Waals surface area contributed by atoms with Crippen molar-refractivity contribution in [3.8, 4) is 17.2 Å². The van der Waals surface area contributed by atoms with E-state index in [2.05, 4.69) is 0 Å². The summed E-state index contributed by atoms with van der Waals surface area (Å²) in [7, 11) is 1.62. The fourth-order valence-corrected chi connectivity index (χ4v) is 2.15. The lowest BCUT2D eigenvalue weighted by Gasteiger charge is -2.12. The molecule has 24 heavy (non-hydrogen) atoms. The van der Waals surface area contributed by atoms with Gasteiger partial charge in [0.2, 0.25) is 0 Å². The number of ether oxygens (including phenoxy) is 3. The number of nitrogens with two attached hydrogens (primary N) is 1. The highest BCUT2D eigenvalue weighted by Crippen LogP contribution is 2.24. The van der Waals surface area contributed by atoms with Crippen LogP contribution in [0.3, 0.4) is 0 Å². The number of hydrogen-bond donors (Lipinski definition) is 1. The van der Waals surface area contributed by atoms with E-state index in [1.807, 2.05) is 38.1 Å². The van der Waals surface area contributed by atoms with Gasteiger partial charge in [-0.3, -0.25) is 4.79 Å². The minimum atomic E-state index is -0.0611. The Kier molecular flexibility index (Phi) is 6.07. The first kappa shape index (κ1) is 17.7. The van der Waals surface area contributed by atoms with E-state index in [1.54, 1.807) is 25.3 Å². The fraction of sp³-hybridized carbons (Fsp3) is 0.316. The minimum Gasteiger partial charge on any atom is -0.497 e. The molecular weight excluding hydrogens is 306 g/mol. The second kappa shape index (κ2) is 8.24. The maximum Gasteiger partial charge on any atom is 0.165 e. The lowest BCUT2D eigenvalue weighted by atomic mass is 10.0. The number of rotatable bonds is 8. The molecule has 0 bridgehead atoms. The van der Waals surface area contributed by atoms with Gasteiger partial charge in [-0.25, -0.2) is 0 Å². The highest BCUT2D eigenvalue weighted by atomic mass is 16.5. The first-order valence-corrected chi connectivity index (χ1v) is 7.84. The average molecular weight is 329 g/mol. The third-order valence-corrected chi connectivity index (χ3v) is 3.49. The molecule has 5 nitrogen and oxygen atoms in total. The van der Waals surface area contributed by atoms with Crippen LogP contribution in [0.15, 0.2) is 42.5 Å². The highest BCUT2D eigenvalue weighted by Gasteiger charge is 2.12. The molecule has 2 aromatic carbocycles. The molecule has 2 N–H and O–H groups in total. The van der Waals surface area contributed by atoms with Crippen molar-refractivity contribution in [2.24, 2.45) is 5.92 Å². The van der Waals surface area contributed by atoms with Crippen molar-refractivity contribution in [3.05, 3.63) is 48.0 Å². The van der Waals surface area contributed by atoms with Gasteiger partial charge in [0.05, 0.1) is 12.8 Å². The quantitative estimate of drug-likeness (QED) is 0.455. The van der Waals surface area contributed by atoms with Crippen LogP contribution in [0.2, 0.25) is 0 Å². The molecule has 0 heterocycles. The lowest BCUT2D eigenvalue weighted by molar-refractivity contribution is 0.0939. The molecule has 0 saturated heterocycles. The molecule has 0 amide bonds. The van der Waals surface area contributed by atoms with Crippen molar-refractivity contribution >= 4 is 11.5 Å². The van der Waals surface area contributed by atoms with E-state index in [-0.39, 0.29) is 11.7 Å². The van der Waals surface area contributed by atoms with Gasteiger partial charge >= 0.3 is 0 Å². The molecule has 0 aliphatic rings. The molecule has 0 aliphatic carbocycles. The van der Waals surface area contributed by atoms with Gasteiger partial charge < -0.3 is 19.9 Å². The van der Waals surface area contributed by atoms with Gasteiger partial charge in [-0.1, -0.05) is 13.8 Å². The number of carbonyl (C=O) groups is 1. The van der Waals surface area contributed by atoms with E-state index < -0.39 is 0 Å². The van der Waals surface area contributed by atoms with Gasteiger partial charge in [-0.2, -0.15) is 0 Å². The van der Waals surface area contributed by atoms with E-state index in [0.717, 1.165) is 11.5 Å². The molecule has 0 fully saturated rings. The second-order valence-electron chi connectivity index (χ2n) is 5.64. The molecular formula is C19H23NO4. The highest BCUT2D eigenvalue weighted by molar-refractivity contribution is 5.98. The Bertz CT molecular complexity index is 680. The van der Waals surface area contributed by atoms with E-state index in [4.69, 9.17) is 19.9 Å². The van der Waals surface area contributed by atoms with E-state index >= 15 is 0 Å². The van der Waals surface area contributed by atoms with Crippen LogP contribution in [-0.4, -0.2) is 26.1 Å². The summed E-state index contributed by atoms with van der Waals surface area (Å²) in [6, 6.07) is 12.4. The topological polar surface area (TPSA) is 70.8 Å². The zero-order valence-corrected chi connectivity index (χ0v) is 14.2. The third-order valence-electron chi connectivity index (χ3n) is 3.49. The average Bonchev–Trinajstić information content (AvgIpc) is 2.59. The Morgan fingerprint density at radius 2 is 1.62 bits per heavy atom. The first-order valence-electron chi connectivity index (χ1n) is 7.84. The molecule has 128 valence electrons. The molecule has 0 saturated carbocycles. The zero-order chi connectivity index (χ0) is 17.5. The van der Waals surface area contributed by atoms with Crippen molar-refractivity contribution in [1.82, 2.24) is 0 Å². The number of carbonyl (C=O) groups excluding carboxylic acids is 1. The van der Waals surface area contributed by atoms with Crippen molar-refractivity contribution in [2.45, 2.75) is 13.8 Å². The predicted octanol–water partition coefficient (Wildman–Crippen LogP) is 3.57. The number of hydrogen-bond acceptors (Lipinski definition) is 5. The van der Waals surface area contributed by atoms with Crippen molar-refractivity contribution in [1.29, 1.82) is 0 Å². The van der Waals surface area contributed by atoms with Crippen LogP contribution in [0.1, 0.15) is 24.2 Å². The number of nitrogen functional groups attached to an aromatic ring is 1. The molecule has 2 rings (SSSR count). The summed E-state index contributed by atoms with van der Waals surface area (Å²) < 4.78 is 16.3. The summed E-state index contributed by atoms with van der Waals surface area (Å²) in [5.41, 5.74) is 7.00. The summed E-state index contributed by atoms with van der Waals surface area (Å²) >= 11 is 0. The smallest absolute Gasteiger partial charge is 0.165 e. The lowest BCUT2D eigenvalue weighted by Crippen LogP contribution is -2.11. The molecule has 0 aromatic heterocycles. The number of methoxy groups -OCH3 is 1. The Labute approximate surface area is 142 Å². The largest absolute Gasteiger partial charge is 0.497 e. The molecule has 0 spiro atoms. The van der Waals surface area contributed by atoms with Gasteiger partial charge in [0.25, 0.3) is 0 Å². The molecule has 0 unspecified atom stereocenters. The molecule has 0 atom stereocenters. The molecule has 0 radical (unpaired) electrons. The fourth-order valence-electron chi connectivity index (χ4n) is 2.15. The Hall–Kier alpha value is -2.69. The van der Waals surface area contributed by atoms with Crippen molar-refractivity contribution in [2.75, 3.05) is 26.1 Å². The van der Waals surface area contributed by atoms with Crippen LogP contribution in [0.4, 0.5) is 5.69 Å². The molecule has 5 heteroatoms. The van der Waals surface area contributed by atoms with Gasteiger partial charge in [-0.15, -0.1) is 0 Å². The second-order valence-corrected chi connectivity index (χ2v) is 5.64. The number of benzene rings is 2. The number of Topliss-reactive ketones (excluding diaryl/α,β-unsaturated/α-hetero) is 1. The minimum absolute atomic E-state index is 0.0611. The van der Waals surface area contributed by atoms with Crippen LogP contribution in [0.5, 0.6) is 17.2 Å². The number of anilines is 1. The van der Waals surface area contributed by atoms with Crippen LogP contribution in [0.25, 0.3) is 0 Å². The summed E-state index contributed by atoms with van der Waals surface area (Å²) in [4.78, 5) is 11.9.